The van der Waals surface area contributed by atoms with E-state index in [0.29, 0.717) is 0 Å². The molecule has 0 saturated carbocycles. The van der Waals surface area contributed by atoms with Crippen LogP contribution in [0.5, 0.6) is 0 Å². The normalized spacial score (nSPS) is 14.3. The number of para-hydroxylation sites is 3. The second-order valence-corrected chi connectivity index (χ2v) is 23.3. The van der Waals surface area contributed by atoms with Gasteiger partial charge in [-0.1, -0.05) is 203 Å². The molecule has 3 heterocycles. The molecule has 3 aliphatic rings. The summed E-state index contributed by atoms with van der Waals surface area (Å²) in [5, 5.41) is 13.5. The van der Waals surface area contributed by atoms with E-state index in [1.165, 1.54) is 120 Å². The molecule has 0 N–H and O–H groups in total. The summed E-state index contributed by atoms with van der Waals surface area (Å²) in [5.41, 5.74) is 15.3. The Balaban J connectivity index is 1.14. The first-order valence-corrected chi connectivity index (χ1v) is 25.4. The van der Waals surface area contributed by atoms with E-state index in [1.54, 1.807) is 0 Å². The smallest absolute Gasteiger partial charge is 0.252 e. The Morgan fingerprint density at radius 2 is 1.00 bits per heavy atom. The lowest BCUT2D eigenvalue weighted by Crippen LogP contribution is -2.79. The molecule has 66 heavy (non-hydrogen) atoms. The van der Waals surface area contributed by atoms with Crippen molar-refractivity contribution < 1.29 is 0 Å². The zero-order chi connectivity index (χ0) is 43.9. The summed E-state index contributed by atoms with van der Waals surface area (Å²) in [4.78, 5) is 5.26. The van der Waals surface area contributed by atoms with Crippen LogP contribution in [0.4, 0.5) is 34.1 Å². The number of nitrogens with zero attached hydrogens (tertiary/aromatic N) is 2. The second-order valence-electron chi connectivity index (χ2n) is 19.6. The molecule has 310 valence electrons. The van der Waals surface area contributed by atoms with Crippen molar-refractivity contribution in [2.75, 3.05) is 9.80 Å². The van der Waals surface area contributed by atoms with Crippen molar-refractivity contribution in [3.63, 3.8) is 0 Å². The third kappa shape index (κ3) is 5.02. The molecule has 14 rings (SSSR count). The molecule has 0 aliphatic carbocycles. The van der Waals surface area contributed by atoms with Gasteiger partial charge in [0.2, 0.25) is 0 Å². The van der Waals surface area contributed by atoms with Crippen LogP contribution in [-0.4, -0.2) is 14.8 Å². The molecular weight excluding hydrogens is 812 g/mol. The Kier molecular flexibility index (Phi) is 7.81. The van der Waals surface area contributed by atoms with Crippen LogP contribution in [0.15, 0.2) is 218 Å². The fraction of sp³-hybridized carbons (Fsp3) is 0.0645. The van der Waals surface area contributed by atoms with Gasteiger partial charge in [0.05, 0.1) is 0 Å². The highest BCUT2D eigenvalue weighted by atomic mass is 28.3. The first kappa shape index (κ1) is 37.7. The summed E-state index contributed by atoms with van der Waals surface area (Å²) in [6.45, 7) is 6.97. The summed E-state index contributed by atoms with van der Waals surface area (Å²) >= 11 is 0. The summed E-state index contributed by atoms with van der Waals surface area (Å²) in [7, 11) is -2.88. The first-order valence-electron chi connectivity index (χ1n) is 23.4. The average molecular weight is 857 g/mol. The molecule has 0 atom stereocenters. The standard InChI is InChI=1S/C62H45BN2Si/c1-62(2,3)44-19-15-20-45(39-44)64-52-27-11-10-25-50(52)63-51-26-16-30-57-61(51)65(53-28-12-13-29-56(53)66(57,46-21-6-4-7-22-46)47-23-8-5-9-24-47)55-38-43(37-54(64)60(55)63)48-35-33-42-32-31-40-17-14-18-41-34-36-49(48)59(42)58(40)41/h4-39H,1-3H3. The Hall–Kier alpha value is -7.66. The fourth-order valence-corrected chi connectivity index (χ4v) is 17.5. The van der Waals surface area contributed by atoms with Crippen LogP contribution in [0.25, 0.3) is 43.4 Å². The van der Waals surface area contributed by atoms with E-state index in [-0.39, 0.29) is 12.1 Å². The van der Waals surface area contributed by atoms with Gasteiger partial charge in [-0.25, -0.2) is 0 Å². The van der Waals surface area contributed by atoms with Crippen molar-refractivity contribution in [1.29, 1.82) is 0 Å². The molecule has 0 aromatic heterocycles. The molecule has 4 heteroatoms. The van der Waals surface area contributed by atoms with Crippen LogP contribution in [-0.2, 0) is 5.41 Å². The quantitative estimate of drug-likeness (QED) is 0.129. The molecule has 0 amide bonds. The van der Waals surface area contributed by atoms with Gasteiger partial charge in [0.15, 0.2) is 8.07 Å². The molecule has 0 fully saturated rings. The molecule has 0 spiro atoms. The lowest BCUT2D eigenvalue weighted by Gasteiger charge is -2.50. The largest absolute Gasteiger partial charge is 0.312 e. The van der Waals surface area contributed by atoms with Crippen LogP contribution >= 0.6 is 0 Å². The lowest BCUT2D eigenvalue weighted by atomic mass is 9.33. The Labute approximate surface area is 387 Å². The van der Waals surface area contributed by atoms with Crippen LogP contribution in [0.3, 0.4) is 0 Å². The minimum absolute atomic E-state index is 0.0124. The molecule has 11 aromatic carbocycles. The molecule has 2 nitrogen and oxygen atoms in total. The Morgan fingerprint density at radius 1 is 0.424 bits per heavy atom. The van der Waals surface area contributed by atoms with E-state index in [1.807, 2.05) is 0 Å². The molecule has 3 aliphatic heterocycles. The van der Waals surface area contributed by atoms with E-state index in [2.05, 4.69) is 249 Å². The maximum absolute atomic E-state index is 2.88. The highest BCUT2D eigenvalue weighted by Gasteiger charge is 2.53. The van der Waals surface area contributed by atoms with Gasteiger partial charge in [-0.05, 0) is 128 Å². The monoisotopic (exact) mass is 856 g/mol. The third-order valence-corrected chi connectivity index (χ3v) is 20.0. The van der Waals surface area contributed by atoms with E-state index in [4.69, 9.17) is 0 Å². The van der Waals surface area contributed by atoms with Gasteiger partial charge in [-0.3, -0.25) is 0 Å². The number of fused-ring (bicyclic) bond motifs is 6. The Morgan fingerprint density at radius 3 is 1.74 bits per heavy atom. The van der Waals surface area contributed by atoms with Crippen LogP contribution in [0, 0.1) is 0 Å². The maximum Gasteiger partial charge on any atom is 0.252 e. The summed E-state index contributed by atoms with van der Waals surface area (Å²) in [5.74, 6) is 0. The maximum atomic E-state index is 2.68. The number of anilines is 6. The van der Waals surface area contributed by atoms with Crippen molar-refractivity contribution in [3.05, 3.63) is 224 Å². The van der Waals surface area contributed by atoms with Crippen LogP contribution in [0.2, 0.25) is 0 Å². The predicted octanol–water partition coefficient (Wildman–Crippen LogP) is 11.3. The highest BCUT2D eigenvalue weighted by Crippen LogP contribution is 2.49. The number of hydrogen-bond acceptors (Lipinski definition) is 2. The Bertz CT molecular complexity index is 3720. The minimum atomic E-state index is -2.88. The second kappa shape index (κ2) is 13.7. The number of hydrogen-bond donors (Lipinski definition) is 0. The molecule has 0 radical (unpaired) electrons. The molecular formula is C62H45BN2Si. The van der Waals surface area contributed by atoms with E-state index >= 15 is 0 Å². The van der Waals surface area contributed by atoms with Crippen molar-refractivity contribution in [1.82, 2.24) is 0 Å². The van der Waals surface area contributed by atoms with Gasteiger partial charge in [0.25, 0.3) is 6.71 Å². The number of benzene rings is 11. The third-order valence-electron chi connectivity index (χ3n) is 15.2. The van der Waals surface area contributed by atoms with E-state index in [9.17, 15) is 0 Å². The van der Waals surface area contributed by atoms with Crippen LogP contribution in [0.1, 0.15) is 26.3 Å². The van der Waals surface area contributed by atoms with Gasteiger partial charge in [0.1, 0.15) is 0 Å². The SMILES string of the molecule is CC(C)(C)c1cccc(N2c3ccccc3B3c4cccc5c4N(c4ccccc4[Si]5(c4ccccc4)c4ccccc4)c4cc(-c5ccc6ccc7cccc8ccc5c6c78)cc2c43)c1. The molecule has 11 aromatic rings. The van der Waals surface area contributed by atoms with E-state index in [0.717, 1.165) is 0 Å². The highest BCUT2D eigenvalue weighted by molar-refractivity contribution is 7.22. The topological polar surface area (TPSA) is 6.48 Å². The van der Waals surface area contributed by atoms with Gasteiger partial charge in [0, 0.05) is 34.1 Å². The predicted molar refractivity (Wildman–Crippen MR) is 285 cm³/mol. The van der Waals surface area contributed by atoms with Crippen molar-refractivity contribution >= 4 is 118 Å². The van der Waals surface area contributed by atoms with Gasteiger partial charge < -0.3 is 9.80 Å². The van der Waals surface area contributed by atoms with Gasteiger partial charge >= 0.3 is 0 Å². The fourth-order valence-electron chi connectivity index (χ4n) is 12.4. The summed E-state index contributed by atoms with van der Waals surface area (Å²) in [6, 6.07) is 83.8. The van der Waals surface area contributed by atoms with E-state index < -0.39 is 8.07 Å². The van der Waals surface area contributed by atoms with Gasteiger partial charge in [-0.15, -0.1) is 0 Å². The number of rotatable bonds is 4. The average Bonchev–Trinajstić information content (AvgIpc) is 3.36. The zero-order valence-corrected chi connectivity index (χ0v) is 38.3. The van der Waals surface area contributed by atoms with Crippen molar-refractivity contribution in [2.24, 2.45) is 0 Å². The van der Waals surface area contributed by atoms with Gasteiger partial charge in [-0.2, -0.15) is 0 Å². The summed E-state index contributed by atoms with van der Waals surface area (Å²) < 4.78 is 0. The van der Waals surface area contributed by atoms with Crippen molar-refractivity contribution in [3.8, 4) is 11.1 Å². The minimum Gasteiger partial charge on any atom is -0.312 e. The van der Waals surface area contributed by atoms with Crippen molar-refractivity contribution in [2.45, 2.75) is 26.2 Å². The van der Waals surface area contributed by atoms with Crippen LogP contribution < -0.4 is 46.9 Å². The molecule has 0 saturated heterocycles. The molecule has 0 unspecified atom stereocenters. The molecule has 0 bridgehead atoms. The zero-order valence-electron chi connectivity index (χ0n) is 37.3. The lowest BCUT2D eigenvalue weighted by molar-refractivity contribution is 0.590. The first-order chi connectivity index (χ1) is 32.4. The summed E-state index contributed by atoms with van der Waals surface area (Å²) in [6.07, 6.45) is 0.